The van der Waals surface area contributed by atoms with Gasteiger partial charge in [-0.2, -0.15) is 5.10 Å². The Bertz CT molecular complexity index is 1020. The number of H-pyrrole nitrogens is 1. The van der Waals surface area contributed by atoms with Crippen LogP contribution in [-0.2, 0) is 9.53 Å². The minimum Gasteiger partial charge on any atom is -0.507 e. The molecule has 1 aromatic carbocycles. The Morgan fingerprint density at radius 2 is 2.18 bits per heavy atom. The van der Waals surface area contributed by atoms with Gasteiger partial charge in [0.2, 0.25) is 0 Å². The first-order valence-corrected chi connectivity index (χ1v) is 11.2. The molecule has 33 heavy (non-hydrogen) atoms. The van der Waals surface area contributed by atoms with Gasteiger partial charge in [0.25, 0.3) is 5.91 Å². The highest BCUT2D eigenvalue weighted by atomic mass is 16.6. The molecule has 4 rings (SSSR count). The van der Waals surface area contributed by atoms with E-state index in [4.69, 9.17) is 9.47 Å². The second kappa shape index (κ2) is 9.93. The molecule has 0 radical (unpaired) electrons. The molecule has 0 unspecified atom stereocenters. The maximum atomic E-state index is 12.4. The fourth-order valence-corrected chi connectivity index (χ4v) is 4.45. The van der Waals surface area contributed by atoms with Gasteiger partial charge in [-0.3, -0.25) is 14.7 Å². The third kappa shape index (κ3) is 5.27. The zero-order chi connectivity index (χ0) is 23.4. The third-order valence-corrected chi connectivity index (χ3v) is 6.26. The lowest BCUT2D eigenvalue weighted by Crippen LogP contribution is -2.36. The summed E-state index contributed by atoms with van der Waals surface area (Å²) in [5.74, 6) is -0.0219. The maximum absolute atomic E-state index is 12.4. The van der Waals surface area contributed by atoms with E-state index < -0.39 is 5.91 Å². The van der Waals surface area contributed by atoms with Gasteiger partial charge in [-0.25, -0.2) is 4.79 Å². The average Bonchev–Trinajstić information content (AvgIpc) is 3.53. The van der Waals surface area contributed by atoms with E-state index in [9.17, 15) is 19.5 Å². The number of hydrogen-bond donors (Lipinski definition) is 3. The zero-order valence-corrected chi connectivity index (χ0v) is 18.5. The van der Waals surface area contributed by atoms with E-state index in [2.05, 4.69) is 15.5 Å². The Morgan fingerprint density at radius 1 is 1.33 bits per heavy atom. The van der Waals surface area contributed by atoms with E-state index >= 15 is 0 Å². The second-order valence-electron chi connectivity index (χ2n) is 8.55. The number of hydrogen-bond acceptors (Lipinski definition) is 7. The molecule has 1 saturated heterocycles. The van der Waals surface area contributed by atoms with Crippen molar-refractivity contribution >= 4 is 24.1 Å². The molecule has 0 spiro atoms. The van der Waals surface area contributed by atoms with Crippen LogP contribution < -0.4 is 10.1 Å². The fraction of sp³-hybridized carbons (Fsp3) is 0.478. The van der Waals surface area contributed by atoms with Crippen molar-refractivity contribution in [1.29, 1.82) is 0 Å². The predicted octanol–water partition coefficient (Wildman–Crippen LogP) is 3.20. The lowest BCUT2D eigenvalue weighted by Gasteiger charge is -2.23. The third-order valence-electron chi connectivity index (χ3n) is 6.26. The lowest BCUT2D eigenvalue weighted by atomic mass is 10.0. The van der Waals surface area contributed by atoms with Crippen LogP contribution in [0.25, 0.3) is 0 Å². The SMILES string of the molecule is C[C@H]1CCCN1C(=O)O[C@@H]1CC[C@H](c2cc(NC(=O)COc3cccc(O)c3C=O)n[nH]2)C1. The first kappa shape index (κ1) is 22.6. The van der Waals surface area contributed by atoms with Gasteiger partial charge >= 0.3 is 6.09 Å². The number of phenolic OH excluding ortho intramolecular Hbond substituents is 1. The molecule has 3 N–H and O–H groups in total. The highest BCUT2D eigenvalue weighted by Crippen LogP contribution is 2.36. The molecule has 2 aliphatic rings. The van der Waals surface area contributed by atoms with Gasteiger partial charge in [-0.1, -0.05) is 6.07 Å². The number of carbonyl (C=O) groups is 3. The van der Waals surface area contributed by atoms with Gasteiger partial charge < -0.3 is 24.8 Å². The number of aromatic amines is 1. The number of carbonyl (C=O) groups excluding carboxylic acids is 3. The Labute approximate surface area is 191 Å². The van der Waals surface area contributed by atoms with Crippen molar-refractivity contribution in [2.45, 2.75) is 57.1 Å². The molecular weight excluding hydrogens is 428 g/mol. The van der Waals surface area contributed by atoms with Crippen LogP contribution >= 0.6 is 0 Å². The number of benzene rings is 1. The largest absolute Gasteiger partial charge is 0.507 e. The molecule has 2 aromatic rings. The normalized spacial score (nSPS) is 22.2. The Kier molecular flexibility index (Phi) is 6.81. The van der Waals surface area contributed by atoms with Crippen LogP contribution in [0.1, 0.15) is 61.0 Å². The van der Waals surface area contributed by atoms with Crippen LogP contribution in [0.4, 0.5) is 10.6 Å². The molecule has 1 aliphatic carbocycles. The van der Waals surface area contributed by atoms with Gasteiger partial charge in [0, 0.05) is 30.3 Å². The van der Waals surface area contributed by atoms with Crippen LogP contribution in [0, 0.1) is 0 Å². The molecule has 10 nitrogen and oxygen atoms in total. The Hall–Kier alpha value is -3.56. The maximum Gasteiger partial charge on any atom is 0.410 e. The highest BCUT2D eigenvalue weighted by Gasteiger charge is 2.33. The number of nitrogens with one attached hydrogen (secondary N) is 2. The van der Waals surface area contributed by atoms with E-state index in [1.54, 1.807) is 11.0 Å². The van der Waals surface area contributed by atoms with Gasteiger partial charge in [0.15, 0.2) is 18.7 Å². The molecule has 2 heterocycles. The number of aromatic hydroxyl groups is 1. The first-order valence-electron chi connectivity index (χ1n) is 11.2. The average molecular weight is 456 g/mol. The van der Waals surface area contributed by atoms with Crippen molar-refractivity contribution in [2.75, 3.05) is 18.5 Å². The highest BCUT2D eigenvalue weighted by molar-refractivity contribution is 5.91. The van der Waals surface area contributed by atoms with E-state index in [1.165, 1.54) is 18.2 Å². The van der Waals surface area contributed by atoms with E-state index in [1.807, 2.05) is 6.92 Å². The minimum absolute atomic E-state index is 0.0111. The first-order chi connectivity index (χ1) is 15.9. The molecule has 1 saturated carbocycles. The second-order valence-corrected chi connectivity index (χ2v) is 8.55. The Balaban J connectivity index is 1.26. The molecule has 10 heteroatoms. The number of likely N-dealkylation sites (tertiary alicyclic amines) is 1. The van der Waals surface area contributed by atoms with Crippen LogP contribution in [0.3, 0.4) is 0 Å². The number of aromatic nitrogens is 2. The number of rotatable bonds is 7. The van der Waals surface area contributed by atoms with Crippen molar-refractivity contribution in [1.82, 2.24) is 15.1 Å². The van der Waals surface area contributed by atoms with Crippen molar-refractivity contribution in [3.05, 3.63) is 35.5 Å². The number of phenols is 1. The lowest BCUT2D eigenvalue weighted by molar-refractivity contribution is -0.118. The summed E-state index contributed by atoms with van der Waals surface area (Å²) >= 11 is 0. The summed E-state index contributed by atoms with van der Waals surface area (Å²) in [4.78, 5) is 37.5. The number of aldehydes is 1. The van der Waals surface area contributed by atoms with Crippen molar-refractivity contribution in [2.24, 2.45) is 0 Å². The summed E-state index contributed by atoms with van der Waals surface area (Å²) in [6.45, 7) is 2.45. The molecule has 176 valence electrons. The van der Waals surface area contributed by atoms with Gasteiger partial charge in [0.1, 0.15) is 17.6 Å². The summed E-state index contributed by atoms with van der Waals surface area (Å²) in [6, 6.07) is 6.38. The number of anilines is 1. The van der Waals surface area contributed by atoms with Gasteiger partial charge in [-0.15, -0.1) is 0 Å². The van der Waals surface area contributed by atoms with E-state index in [-0.39, 0.29) is 47.8 Å². The molecular formula is C23H28N4O6. The van der Waals surface area contributed by atoms with Gasteiger partial charge in [0.05, 0.1) is 5.56 Å². The molecule has 2 fully saturated rings. The standard InChI is InChI=1S/C23H28N4O6/c1-14-4-3-9-27(14)23(31)33-16-8-7-15(10-16)18-11-21(26-25-18)24-22(30)13-32-20-6-2-5-19(29)17(20)12-28/h2,5-6,11-12,14-16,29H,3-4,7-10,13H2,1H3,(H2,24,25,26,30)/t14-,15-,16+/m0/s1. The van der Waals surface area contributed by atoms with Crippen molar-refractivity contribution in [3.63, 3.8) is 0 Å². The van der Waals surface area contributed by atoms with Crippen molar-refractivity contribution in [3.8, 4) is 11.5 Å². The molecule has 3 atom stereocenters. The summed E-state index contributed by atoms with van der Waals surface area (Å²) < 4.78 is 11.1. The zero-order valence-electron chi connectivity index (χ0n) is 18.5. The van der Waals surface area contributed by atoms with Gasteiger partial charge in [-0.05, 0) is 51.2 Å². The summed E-state index contributed by atoms with van der Waals surface area (Å²) in [5, 5.41) is 19.4. The summed E-state index contributed by atoms with van der Waals surface area (Å²) in [6.07, 6.45) is 4.51. The number of amides is 2. The van der Waals surface area contributed by atoms with Crippen LogP contribution in [0.15, 0.2) is 24.3 Å². The fourth-order valence-electron chi connectivity index (χ4n) is 4.45. The molecule has 1 aliphatic heterocycles. The Morgan fingerprint density at radius 3 is 2.94 bits per heavy atom. The van der Waals surface area contributed by atoms with Crippen LogP contribution in [-0.4, -0.2) is 63.8 Å². The molecule has 2 amide bonds. The van der Waals surface area contributed by atoms with Crippen LogP contribution in [0.2, 0.25) is 0 Å². The monoisotopic (exact) mass is 456 g/mol. The minimum atomic E-state index is -0.453. The molecule has 0 bridgehead atoms. The quantitative estimate of drug-likeness (QED) is 0.545. The van der Waals surface area contributed by atoms with Crippen molar-refractivity contribution < 1.29 is 29.0 Å². The molecule has 1 aromatic heterocycles. The van der Waals surface area contributed by atoms with Crippen LogP contribution in [0.5, 0.6) is 11.5 Å². The van der Waals surface area contributed by atoms with E-state index in [0.717, 1.165) is 37.9 Å². The smallest absolute Gasteiger partial charge is 0.410 e. The predicted molar refractivity (Wildman–Crippen MR) is 118 cm³/mol. The number of nitrogens with zero attached hydrogens (tertiary/aromatic N) is 2. The summed E-state index contributed by atoms with van der Waals surface area (Å²) in [7, 11) is 0. The van der Waals surface area contributed by atoms with E-state index in [0.29, 0.717) is 18.5 Å². The number of ether oxygens (including phenoxy) is 2. The topological polar surface area (TPSA) is 134 Å². The summed E-state index contributed by atoms with van der Waals surface area (Å²) in [5.41, 5.74) is 0.860.